The van der Waals surface area contributed by atoms with Crippen LogP contribution in [0.1, 0.15) is 11.6 Å². The standard InChI is InChI=1S/C15H11ClN2OS/c16-11-7-5-10(6-8-11)15-14(9-17)20(19)13-4-2-1-3-12(13)18-15/h1-8,14-15,18H. The molecule has 20 heavy (non-hydrogen) atoms. The SMILES string of the molecule is N#CC1C(c2ccc(Cl)cc2)Nc2ccccc2S1=O. The van der Waals surface area contributed by atoms with Crippen molar-refractivity contribution >= 4 is 28.1 Å². The van der Waals surface area contributed by atoms with Crippen molar-refractivity contribution in [2.75, 3.05) is 5.32 Å². The summed E-state index contributed by atoms with van der Waals surface area (Å²) >= 11 is 5.89. The minimum atomic E-state index is -1.35. The van der Waals surface area contributed by atoms with Gasteiger partial charge in [0.1, 0.15) is 0 Å². The molecular formula is C15H11ClN2OS. The Hall–Kier alpha value is -1.83. The Morgan fingerprint density at radius 2 is 1.85 bits per heavy atom. The Morgan fingerprint density at radius 1 is 1.15 bits per heavy atom. The largest absolute Gasteiger partial charge is 0.375 e. The summed E-state index contributed by atoms with van der Waals surface area (Å²) in [6.07, 6.45) is 0. The van der Waals surface area contributed by atoms with Crippen molar-refractivity contribution in [2.24, 2.45) is 0 Å². The topological polar surface area (TPSA) is 52.9 Å². The van der Waals surface area contributed by atoms with Crippen molar-refractivity contribution in [3.63, 3.8) is 0 Å². The fraction of sp³-hybridized carbons (Fsp3) is 0.133. The van der Waals surface area contributed by atoms with Crippen LogP contribution in [0.25, 0.3) is 0 Å². The van der Waals surface area contributed by atoms with Crippen LogP contribution in [0, 0.1) is 11.3 Å². The second kappa shape index (κ2) is 5.28. The maximum absolute atomic E-state index is 12.5. The molecule has 3 rings (SSSR count). The summed E-state index contributed by atoms with van der Waals surface area (Å²) in [5, 5.41) is 12.7. The van der Waals surface area contributed by atoms with E-state index < -0.39 is 16.0 Å². The number of benzene rings is 2. The summed E-state index contributed by atoms with van der Waals surface area (Å²) in [5.41, 5.74) is 1.72. The minimum Gasteiger partial charge on any atom is -0.375 e. The summed E-state index contributed by atoms with van der Waals surface area (Å²) in [6.45, 7) is 0. The molecule has 0 fully saturated rings. The van der Waals surface area contributed by atoms with E-state index in [9.17, 15) is 9.47 Å². The minimum absolute atomic E-state index is 0.298. The lowest BCUT2D eigenvalue weighted by atomic mass is 10.0. The van der Waals surface area contributed by atoms with Gasteiger partial charge >= 0.3 is 0 Å². The van der Waals surface area contributed by atoms with Crippen LogP contribution in [0.5, 0.6) is 0 Å². The van der Waals surface area contributed by atoms with Crippen molar-refractivity contribution in [3.05, 3.63) is 59.1 Å². The molecule has 0 bridgehead atoms. The van der Waals surface area contributed by atoms with Crippen LogP contribution in [-0.2, 0) is 10.8 Å². The second-order valence-corrected chi connectivity index (χ2v) is 6.50. The lowest BCUT2D eigenvalue weighted by molar-refractivity contribution is 0.662. The number of nitrogens with zero attached hydrogens (tertiary/aromatic N) is 1. The molecule has 3 atom stereocenters. The molecular weight excluding hydrogens is 292 g/mol. The molecule has 3 unspecified atom stereocenters. The van der Waals surface area contributed by atoms with Crippen LogP contribution in [0.3, 0.4) is 0 Å². The fourth-order valence-corrected chi connectivity index (χ4v) is 3.84. The lowest BCUT2D eigenvalue weighted by Crippen LogP contribution is -2.33. The Labute approximate surface area is 124 Å². The summed E-state index contributed by atoms with van der Waals surface area (Å²) in [5.74, 6) is 0. The number of hydrogen-bond donors (Lipinski definition) is 1. The van der Waals surface area contributed by atoms with E-state index in [1.807, 2.05) is 30.3 Å². The maximum atomic E-state index is 12.5. The van der Waals surface area contributed by atoms with Crippen molar-refractivity contribution in [1.82, 2.24) is 0 Å². The molecule has 1 aliphatic rings. The Bertz CT molecular complexity index is 709. The molecule has 2 aromatic rings. The molecule has 3 nitrogen and oxygen atoms in total. The molecule has 0 aliphatic carbocycles. The van der Waals surface area contributed by atoms with Gasteiger partial charge in [-0.25, -0.2) is 0 Å². The highest BCUT2D eigenvalue weighted by atomic mass is 35.5. The van der Waals surface area contributed by atoms with Crippen LogP contribution in [0.4, 0.5) is 5.69 Å². The smallest absolute Gasteiger partial charge is 0.150 e. The van der Waals surface area contributed by atoms with Crippen LogP contribution < -0.4 is 5.32 Å². The maximum Gasteiger partial charge on any atom is 0.150 e. The van der Waals surface area contributed by atoms with Gasteiger partial charge in [0.25, 0.3) is 0 Å². The van der Waals surface area contributed by atoms with Gasteiger partial charge in [0.05, 0.1) is 33.5 Å². The van der Waals surface area contributed by atoms with Gasteiger partial charge < -0.3 is 5.32 Å². The second-order valence-electron chi connectivity index (χ2n) is 4.52. The molecule has 0 spiro atoms. The van der Waals surface area contributed by atoms with Gasteiger partial charge in [0.2, 0.25) is 0 Å². The normalized spacial score (nSPS) is 24.3. The van der Waals surface area contributed by atoms with Crippen LogP contribution >= 0.6 is 11.6 Å². The first-order valence-electron chi connectivity index (χ1n) is 6.12. The molecule has 1 N–H and O–H groups in total. The predicted molar refractivity (Wildman–Crippen MR) is 80.1 cm³/mol. The average Bonchev–Trinajstić information content (AvgIpc) is 2.48. The van der Waals surface area contributed by atoms with E-state index in [1.54, 1.807) is 18.2 Å². The zero-order valence-corrected chi connectivity index (χ0v) is 12.0. The summed E-state index contributed by atoms with van der Waals surface area (Å²) in [7, 11) is -1.35. The number of para-hydroxylation sites is 1. The van der Waals surface area contributed by atoms with Gasteiger partial charge in [0, 0.05) is 5.02 Å². The highest BCUT2D eigenvalue weighted by Crippen LogP contribution is 2.36. The lowest BCUT2D eigenvalue weighted by Gasteiger charge is -2.30. The van der Waals surface area contributed by atoms with Crippen molar-refractivity contribution in [1.29, 1.82) is 5.26 Å². The highest BCUT2D eigenvalue weighted by Gasteiger charge is 2.35. The van der Waals surface area contributed by atoms with E-state index in [0.29, 0.717) is 9.92 Å². The van der Waals surface area contributed by atoms with Gasteiger partial charge in [-0.05, 0) is 29.8 Å². The third kappa shape index (κ3) is 2.20. The Balaban J connectivity index is 2.06. The van der Waals surface area contributed by atoms with E-state index in [0.717, 1.165) is 11.3 Å². The number of hydrogen-bond acceptors (Lipinski definition) is 3. The summed E-state index contributed by atoms with van der Waals surface area (Å²) in [4.78, 5) is 0.685. The average molecular weight is 303 g/mol. The third-order valence-electron chi connectivity index (χ3n) is 3.30. The molecule has 100 valence electrons. The summed E-state index contributed by atoms with van der Waals surface area (Å²) in [6, 6.07) is 16.5. The Kier molecular flexibility index (Phi) is 3.47. The van der Waals surface area contributed by atoms with Gasteiger partial charge in [-0.2, -0.15) is 5.26 Å². The number of rotatable bonds is 1. The van der Waals surface area contributed by atoms with Gasteiger partial charge in [-0.15, -0.1) is 0 Å². The molecule has 0 saturated heterocycles. The molecule has 0 amide bonds. The number of halogens is 1. The number of nitriles is 1. The monoisotopic (exact) mass is 302 g/mol. The van der Waals surface area contributed by atoms with Crippen molar-refractivity contribution in [2.45, 2.75) is 16.2 Å². The van der Waals surface area contributed by atoms with Crippen LogP contribution in [0.15, 0.2) is 53.4 Å². The number of fused-ring (bicyclic) bond motifs is 1. The summed E-state index contributed by atoms with van der Waals surface area (Å²) < 4.78 is 12.5. The first-order chi connectivity index (χ1) is 9.70. The van der Waals surface area contributed by atoms with E-state index in [2.05, 4.69) is 11.4 Å². The zero-order valence-electron chi connectivity index (χ0n) is 10.4. The molecule has 2 aromatic carbocycles. The van der Waals surface area contributed by atoms with E-state index >= 15 is 0 Å². The van der Waals surface area contributed by atoms with Crippen LogP contribution in [-0.4, -0.2) is 9.46 Å². The molecule has 5 heteroatoms. The van der Waals surface area contributed by atoms with Gasteiger partial charge in [-0.3, -0.25) is 4.21 Å². The quantitative estimate of drug-likeness (QED) is 0.877. The first-order valence-corrected chi connectivity index (χ1v) is 7.71. The highest BCUT2D eigenvalue weighted by molar-refractivity contribution is 7.86. The zero-order chi connectivity index (χ0) is 14.1. The third-order valence-corrected chi connectivity index (χ3v) is 5.18. The van der Waals surface area contributed by atoms with E-state index in [4.69, 9.17) is 11.6 Å². The van der Waals surface area contributed by atoms with Crippen molar-refractivity contribution < 1.29 is 4.21 Å². The fourth-order valence-electron chi connectivity index (χ4n) is 2.32. The molecule has 0 radical (unpaired) electrons. The number of nitrogens with one attached hydrogen (secondary N) is 1. The Morgan fingerprint density at radius 3 is 2.55 bits per heavy atom. The van der Waals surface area contributed by atoms with Crippen molar-refractivity contribution in [3.8, 4) is 6.07 Å². The first kappa shape index (κ1) is 13.2. The van der Waals surface area contributed by atoms with E-state index in [1.165, 1.54) is 0 Å². The van der Waals surface area contributed by atoms with Gasteiger partial charge in [0.15, 0.2) is 5.25 Å². The van der Waals surface area contributed by atoms with Gasteiger partial charge in [-0.1, -0.05) is 35.9 Å². The molecule has 1 heterocycles. The van der Waals surface area contributed by atoms with Crippen LogP contribution in [0.2, 0.25) is 5.02 Å². The van der Waals surface area contributed by atoms with E-state index in [-0.39, 0.29) is 6.04 Å². The molecule has 1 aliphatic heterocycles. The molecule has 0 saturated carbocycles. The predicted octanol–water partition coefficient (Wildman–Crippen LogP) is 3.51. The molecule has 0 aromatic heterocycles. The number of anilines is 1.